The molecule has 2 unspecified atom stereocenters. The number of hydrazone groups is 1. The second-order valence-electron chi connectivity index (χ2n) is 12.8. The summed E-state index contributed by atoms with van der Waals surface area (Å²) in [6, 6.07) is 27.6. The zero-order valence-electron chi connectivity index (χ0n) is 27.1. The fourth-order valence-corrected chi connectivity index (χ4v) is 7.22. The summed E-state index contributed by atoms with van der Waals surface area (Å²) in [5.41, 5.74) is 14.6. The van der Waals surface area contributed by atoms with Crippen molar-refractivity contribution in [2.45, 2.75) is 37.6 Å². The monoisotopic (exact) mass is 648 g/mol. The number of rotatable bonds is 7. The molecule has 3 aromatic heterocycles. The van der Waals surface area contributed by atoms with E-state index in [1.165, 1.54) is 5.56 Å². The molecule has 12 heteroatoms. The van der Waals surface area contributed by atoms with Crippen molar-refractivity contribution >= 4 is 18.3 Å². The summed E-state index contributed by atoms with van der Waals surface area (Å²) in [6.07, 6.45) is 9.33. The molecule has 244 valence electrons. The number of pyridine rings is 2. The van der Waals surface area contributed by atoms with E-state index in [2.05, 4.69) is 114 Å². The van der Waals surface area contributed by atoms with Crippen molar-refractivity contribution in [1.29, 1.82) is 0 Å². The number of hydrazine groups is 1. The lowest BCUT2D eigenvalue weighted by Gasteiger charge is -2.33. The van der Waals surface area contributed by atoms with Crippen LogP contribution in [0.3, 0.4) is 0 Å². The SMILES string of the molecule is CN1N=C(C2N=CNN2)N2C=Cc3nc(-c4ccc(CN5CCC(c6nc(-c7ccccn7)n[nH]6)CC5)cc4)c(-c4ccccc4)cc3C12. The smallest absolute Gasteiger partial charge is 0.199 e. The van der Waals surface area contributed by atoms with E-state index in [0.29, 0.717) is 11.7 Å². The fraction of sp³-hybridized carbons (Fsp3) is 0.243. The third-order valence-corrected chi connectivity index (χ3v) is 9.74. The largest absolute Gasteiger partial charge is 0.310 e. The van der Waals surface area contributed by atoms with Crippen molar-refractivity contribution < 1.29 is 0 Å². The maximum atomic E-state index is 5.30. The average Bonchev–Trinajstić information content (AvgIpc) is 3.94. The number of hydrogen-bond acceptors (Lipinski definition) is 11. The summed E-state index contributed by atoms with van der Waals surface area (Å²) < 4.78 is 0. The number of benzene rings is 2. The highest BCUT2D eigenvalue weighted by molar-refractivity contribution is 5.93. The number of piperidine rings is 1. The van der Waals surface area contributed by atoms with Crippen molar-refractivity contribution in [2.75, 3.05) is 20.1 Å². The van der Waals surface area contributed by atoms with Crippen LogP contribution >= 0.6 is 0 Å². The van der Waals surface area contributed by atoms with Crippen LogP contribution in [0.4, 0.5) is 0 Å². The molecule has 49 heavy (non-hydrogen) atoms. The highest BCUT2D eigenvalue weighted by atomic mass is 15.6. The first-order valence-corrected chi connectivity index (χ1v) is 16.7. The second kappa shape index (κ2) is 12.4. The molecular weight excluding hydrogens is 612 g/mol. The number of nitrogens with zero attached hydrogens (tertiary/aromatic N) is 9. The Labute approximate surface area is 284 Å². The number of hydrogen-bond donors (Lipinski definition) is 3. The molecule has 0 amide bonds. The number of nitrogens with one attached hydrogen (secondary N) is 3. The Kier molecular flexibility index (Phi) is 7.43. The standard InChI is InChI=1S/C37H36N12/c1-47-37-29-21-28(25-7-3-2-4-8-25)32(41-30(29)16-20-49(37)36(46-47)35-39-23-40-43-35)26-12-10-24(11-13-26)22-48-18-14-27(15-19-48)33-42-34(45-44-33)31-9-5-6-17-38-31/h2-13,16-17,20-21,23,27,35,37,43H,14-15,18-19,22H2,1H3,(H,39,40)(H,42,44,45). The summed E-state index contributed by atoms with van der Waals surface area (Å²) in [5, 5.41) is 14.4. The minimum absolute atomic E-state index is 0.102. The Morgan fingerprint density at radius 3 is 2.51 bits per heavy atom. The highest BCUT2D eigenvalue weighted by Crippen LogP contribution is 2.41. The fourth-order valence-electron chi connectivity index (χ4n) is 7.22. The van der Waals surface area contributed by atoms with Crippen LogP contribution < -0.4 is 10.9 Å². The summed E-state index contributed by atoms with van der Waals surface area (Å²) in [5.74, 6) is 2.85. The highest BCUT2D eigenvalue weighted by Gasteiger charge is 2.40. The third kappa shape index (κ3) is 5.54. The van der Waals surface area contributed by atoms with E-state index >= 15 is 0 Å². The van der Waals surface area contributed by atoms with Crippen LogP contribution in [-0.2, 0) is 6.54 Å². The summed E-state index contributed by atoms with van der Waals surface area (Å²) in [7, 11) is 2.00. The maximum absolute atomic E-state index is 5.30. The molecule has 2 atom stereocenters. The predicted molar refractivity (Wildman–Crippen MR) is 189 cm³/mol. The molecule has 0 aliphatic carbocycles. The molecule has 2 aromatic carbocycles. The van der Waals surface area contributed by atoms with Crippen molar-refractivity contribution in [1.82, 2.24) is 50.8 Å². The van der Waals surface area contributed by atoms with E-state index < -0.39 is 0 Å². The van der Waals surface area contributed by atoms with Gasteiger partial charge in [0.2, 0.25) is 0 Å². The number of H-pyrrole nitrogens is 1. The zero-order chi connectivity index (χ0) is 32.7. The number of fused-ring (bicyclic) bond motifs is 3. The third-order valence-electron chi connectivity index (χ3n) is 9.74. The van der Waals surface area contributed by atoms with Crippen LogP contribution in [0, 0.1) is 0 Å². The lowest BCUT2D eigenvalue weighted by atomic mass is 9.93. The number of aromatic amines is 1. The number of aliphatic imine (C=N–C) groups is 1. The lowest BCUT2D eigenvalue weighted by Crippen LogP contribution is -2.44. The molecule has 1 saturated heterocycles. The van der Waals surface area contributed by atoms with E-state index in [1.54, 1.807) is 12.5 Å². The van der Waals surface area contributed by atoms with Gasteiger partial charge in [-0.3, -0.25) is 20.0 Å². The first-order valence-electron chi connectivity index (χ1n) is 16.7. The molecule has 3 N–H and O–H groups in total. The first kappa shape index (κ1) is 29.4. The van der Waals surface area contributed by atoms with Gasteiger partial charge in [0.1, 0.15) is 11.5 Å². The van der Waals surface area contributed by atoms with Gasteiger partial charge >= 0.3 is 0 Å². The van der Waals surface area contributed by atoms with Gasteiger partial charge in [-0.15, -0.1) is 0 Å². The van der Waals surface area contributed by atoms with Gasteiger partial charge < -0.3 is 10.3 Å². The van der Waals surface area contributed by atoms with Gasteiger partial charge in [-0.1, -0.05) is 60.7 Å². The number of aromatic nitrogens is 5. The topological polar surface area (TPSA) is 126 Å². The molecule has 0 saturated carbocycles. The first-order chi connectivity index (χ1) is 24.2. The Hall–Kier alpha value is -5.72. The molecule has 0 bridgehead atoms. The van der Waals surface area contributed by atoms with Crippen LogP contribution in [0.15, 0.2) is 101 Å². The van der Waals surface area contributed by atoms with Crippen LogP contribution in [0.5, 0.6) is 0 Å². The minimum atomic E-state index is -0.247. The lowest BCUT2D eigenvalue weighted by molar-refractivity contribution is 0.193. The van der Waals surface area contributed by atoms with Crippen molar-refractivity contribution in [3.05, 3.63) is 114 Å². The quantitative estimate of drug-likeness (QED) is 0.224. The molecule has 4 aliphatic heterocycles. The number of likely N-dealkylation sites (tertiary alicyclic amines) is 1. The minimum Gasteiger partial charge on any atom is -0.310 e. The maximum Gasteiger partial charge on any atom is 0.199 e. The second-order valence-corrected chi connectivity index (χ2v) is 12.8. The Bertz CT molecular complexity index is 2050. The number of amidine groups is 1. The summed E-state index contributed by atoms with van der Waals surface area (Å²) >= 11 is 0. The molecule has 9 rings (SSSR count). The Morgan fingerprint density at radius 1 is 0.898 bits per heavy atom. The average molecular weight is 649 g/mol. The van der Waals surface area contributed by atoms with Crippen LogP contribution in [-0.4, -0.2) is 78.4 Å². The van der Waals surface area contributed by atoms with Gasteiger partial charge in [0.05, 0.1) is 17.7 Å². The zero-order valence-corrected chi connectivity index (χ0v) is 27.1. The van der Waals surface area contributed by atoms with Gasteiger partial charge in [-0.2, -0.15) is 10.2 Å². The Balaban J connectivity index is 0.928. The van der Waals surface area contributed by atoms with Gasteiger partial charge in [0, 0.05) is 48.6 Å². The van der Waals surface area contributed by atoms with E-state index in [0.717, 1.165) is 83.5 Å². The van der Waals surface area contributed by atoms with Crippen molar-refractivity contribution in [3.63, 3.8) is 0 Å². The molecule has 0 spiro atoms. The van der Waals surface area contributed by atoms with Crippen LogP contribution in [0.2, 0.25) is 0 Å². The molecule has 5 aromatic rings. The Morgan fingerprint density at radius 2 is 1.73 bits per heavy atom. The van der Waals surface area contributed by atoms with Crippen LogP contribution in [0.1, 0.15) is 47.6 Å². The van der Waals surface area contributed by atoms with E-state index in [4.69, 9.17) is 15.1 Å². The molecular formula is C37H36N12. The van der Waals surface area contributed by atoms with E-state index in [1.807, 2.05) is 30.3 Å². The molecule has 4 aliphatic rings. The van der Waals surface area contributed by atoms with Gasteiger partial charge in [0.25, 0.3) is 0 Å². The van der Waals surface area contributed by atoms with Crippen molar-refractivity contribution in [3.8, 4) is 33.9 Å². The van der Waals surface area contributed by atoms with Crippen LogP contribution in [0.25, 0.3) is 40.0 Å². The van der Waals surface area contributed by atoms with Gasteiger partial charge in [-0.25, -0.2) is 20.4 Å². The predicted octanol–water partition coefficient (Wildman–Crippen LogP) is 4.98. The summed E-state index contributed by atoms with van der Waals surface area (Å²) in [4.78, 5) is 23.6. The molecule has 7 heterocycles. The molecule has 0 radical (unpaired) electrons. The van der Waals surface area contributed by atoms with Crippen molar-refractivity contribution in [2.24, 2.45) is 10.1 Å². The molecule has 1 fully saturated rings. The van der Waals surface area contributed by atoms with Gasteiger partial charge in [-0.05, 0) is 61.3 Å². The van der Waals surface area contributed by atoms with E-state index in [9.17, 15) is 0 Å². The molecule has 12 nitrogen and oxygen atoms in total. The summed E-state index contributed by atoms with van der Waals surface area (Å²) in [6.45, 7) is 2.94. The normalized spacial score (nSPS) is 20.3. The van der Waals surface area contributed by atoms with E-state index in [-0.39, 0.29) is 12.3 Å². The van der Waals surface area contributed by atoms with Gasteiger partial charge in [0.15, 0.2) is 24.0 Å².